The molecule has 0 saturated carbocycles. The molecule has 3 rings (SSSR count). The van der Waals surface area contributed by atoms with Crippen LogP contribution in [-0.4, -0.2) is 48.6 Å². The number of benzene rings is 2. The highest BCUT2D eigenvalue weighted by molar-refractivity contribution is 6.46. The van der Waals surface area contributed by atoms with Crippen LogP contribution in [-0.2, 0) is 14.3 Å². The molecule has 1 saturated heterocycles. The molecule has 164 valence electrons. The molecule has 6 nitrogen and oxygen atoms in total. The van der Waals surface area contributed by atoms with Gasteiger partial charge in [-0.3, -0.25) is 9.59 Å². The molecule has 0 bridgehead atoms. The molecule has 0 radical (unpaired) electrons. The molecule has 31 heavy (non-hydrogen) atoms. The number of aryl methyl sites for hydroxylation is 1. The summed E-state index contributed by atoms with van der Waals surface area (Å²) >= 11 is 0. The van der Waals surface area contributed by atoms with Gasteiger partial charge in [0.05, 0.1) is 24.8 Å². The van der Waals surface area contributed by atoms with Gasteiger partial charge in [0.1, 0.15) is 11.5 Å². The van der Waals surface area contributed by atoms with E-state index in [-0.39, 0.29) is 24.5 Å². The first-order valence-electron chi connectivity index (χ1n) is 10.5. The number of aliphatic hydroxyl groups excluding tert-OH is 1. The van der Waals surface area contributed by atoms with E-state index in [2.05, 4.69) is 6.92 Å². The zero-order valence-electron chi connectivity index (χ0n) is 18.3. The standard InChI is InChI=1S/C25H29NO5/c1-4-5-14-31-20-8-6-7-19(16-20)22-21(23(27)18-11-9-17(2)10-12-18)24(28)25(29)26(22)13-15-30-3/h6-12,16,22,27H,4-5,13-15H2,1-3H3. The first-order valence-corrected chi connectivity index (χ1v) is 10.5. The third-order valence-corrected chi connectivity index (χ3v) is 5.34. The van der Waals surface area contributed by atoms with Crippen molar-refractivity contribution in [2.24, 2.45) is 0 Å². The number of carbonyl (C=O) groups is 2. The SMILES string of the molecule is CCCCOc1cccc(C2C(=C(O)c3ccc(C)cc3)C(=O)C(=O)N2CCOC)c1. The summed E-state index contributed by atoms with van der Waals surface area (Å²) in [6, 6.07) is 13.8. The fourth-order valence-corrected chi connectivity index (χ4v) is 3.62. The van der Waals surface area contributed by atoms with Gasteiger partial charge in [0, 0.05) is 19.2 Å². The number of aliphatic hydroxyl groups is 1. The second kappa shape index (κ2) is 10.3. The number of nitrogens with zero attached hydrogens (tertiary/aromatic N) is 1. The minimum absolute atomic E-state index is 0.0793. The quantitative estimate of drug-likeness (QED) is 0.283. The molecule has 1 fully saturated rings. The average molecular weight is 424 g/mol. The van der Waals surface area contributed by atoms with E-state index in [1.54, 1.807) is 19.2 Å². The first kappa shape index (κ1) is 22.6. The van der Waals surface area contributed by atoms with Gasteiger partial charge in [-0.05, 0) is 31.0 Å². The summed E-state index contributed by atoms with van der Waals surface area (Å²) in [6.45, 7) is 5.14. The van der Waals surface area contributed by atoms with Crippen LogP contribution in [0, 0.1) is 6.92 Å². The van der Waals surface area contributed by atoms with E-state index in [0.29, 0.717) is 23.5 Å². The highest BCUT2D eigenvalue weighted by atomic mass is 16.5. The van der Waals surface area contributed by atoms with Crippen molar-refractivity contribution in [2.75, 3.05) is 26.9 Å². The van der Waals surface area contributed by atoms with Crippen molar-refractivity contribution in [1.82, 2.24) is 4.90 Å². The average Bonchev–Trinajstić information content (AvgIpc) is 3.03. The molecule has 1 heterocycles. The van der Waals surface area contributed by atoms with E-state index in [9.17, 15) is 14.7 Å². The molecule has 0 aromatic heterocycles. The molecule has 1 atom stereocenters. The van der Waals surface area contributed by atoms with Gasteiger partial charge in [-0.1, -0.05) is 55.3 Å². The number of ketones is 1. The predicted octanol–water partition coefficient (Wildman–Crippen LogP) is 4.24. The second-order valence-electron chi connectivity index (χ2n) is 7.63. The molecule has 1 unspecified atom stereocenters. The van der Waals surface area contributed by atoms with Crippen molar-refractivity contribution in [1.29, 1.82) is 0 Å². The van der Waals surface area contributed by atoms with Gasteiger partial charge < -0.3 is 19.5 Å². The van der Waals surface area contributed by atoms with Crippen LogP contribution in [0.4, 0.5) is 0 Å². The number of rotatable bonds is 9. The molecule has 2 aromatic carbocycles. The maximum absolute atomic E-state index is 13.0. The molecule has 2 aromatic rings. The lowest BCUT2D eigenvalue weighted by Gasteiger charge is -2.25. The van der Waals surface area contributed by atoms with Gasteiger partial charge in [0.2, 0.25) is 0 Å². The Labute approximate surface area is 183 Å². The van der Waals surface area contributed by atoms with Crippen LogP contribution in [0.3, 0.4) is 0 Å². The normalized spacial score (nSPS) is 17.9. The van der Waals surface area contributed by atoms with E-state index in [0.717, 1.165) is 18.4 Å². The Bertz CT molecular complexity index is 964. The molecule has 0 aliphatic carbocycles. The van der Waals surface area contributed by atoms with Gasteiger partial charge in [0.15, 0.2) is 0 Å². The van der Waals surface area contributed by atoms with Crippen LogP contribution in [0.15, 0.2) is 54.1 Å². The molecule has 6 heteroatoms. The summed E-state index contributed by atoms with van der Waals surface area (Å²) in [5.74, 6) is -0.858. The summed E-state index contributed by atoms with van der Waals surface area (Å²) in [4.78, 5) is 27.2. The Morgan fingerprint density at radius 1 is 1.10 bits per heavy atom. The maximum Gasteiger partial charge on any atom is 0.295 e. The van der Waals surface area contributed by atoms with Crippen molar-refractivity contribution < 1.29 is 24.2 Å². The monoisotopic (exact) mass is 423 g/mol. The zero-order chi connectivity index (χ0) is 22.4. The smallest absolute Gasteiger partial charge is 0.295 e. The number of ether oxygens (including phenoxy) is 2. The fourth-order valence-electron chi connectivity index (χ4n) is 3.62. The number of methoxy groups -OCH3 is 1. The van der Waals surface area contributed by atoms with Gasteiger partial charge in [-0.25, -0.2) is 0 Å². The van der Waals surface area contributed by atoms with Crippen LogP contribution >= 0.6 is 0 Å². The third-order valence-electron chi connectivity index (χ3n) is 5.34. The highest BCUT2D eigenvalue weighted by Crippen LogP contribution is 2.40. The second-order valence-corrected chi connectivity index (χ2v) is 7.63. The predicted molar refractivity (Wildman–Crippen MR) is 119 cm³/mol. The molecule has 1 aliphatic heterocycles. The number of hydrogen-bond donors (Lipinski definition) is 1. The van der Waals surface area contributed by atoms with E-state index in [4.69, 9.17) is 9.47 Å². The van der Waals surface area contributed by atoms with Crippen LogP contribution in [0.1, 0.15) is 42.5 Å². The number of likely N-dealkylation sites (tertiary alicyclic amines) is 1. The Morgan fingerprint density at radius 2 is 1.84 bits per heavy atom. The summed E-state index contributed by atoms with van der Waals surface area (Å²) in [6.07, 6.45) is 1.96. The van der Waals surface area contributed by atoms with Gasteiger partial charge in [0.25, 0.3) is 11.7 Å². The van der Waals surface area contributed by atoms with Crippen molar-refractivity contribution in [2.45, 2.75) is 32.7 Å². The van der Waals surface area contributed by atoms with Crippen LogP contribution in [0.25, 0.3) is 5.76 Å². The minimum Gasteiger partial charge on any atom is -0.507 e. The van der Waals surface area contributed by atoms with E-state index >= 15 is 0 Å². The van der Waals surface area contributed by atoms with E-state index < -0.39 is 17.7 Å². The first-order chi connectivity index (χ1) is 15.0. The van der Waals surface area contributed by atoms with Gasteiger partial charge in [-0.15, -0.1) is 0 Å². The van der Waals surface area contributed by atoms with E-state index in [1.807, 2.05) is 43.3 Å². The van der Waals surface area contributed by atoms with Crippen LogP contribution in [0.5, 0.6) is 5.75 Å². The third kappa shape index (κ3) is 4.97. The van der Waals surface area contributed by atoms with E-state index in [1.165, 1.54) is 4.90 Å². The molecular weight excluding hydrogens is 394 g/mol. The summed E-state index contributed by atoms with van der Waals surface area (Å²) < 4.78 is 11.0. The summed E-state index contributed by atoms with van der Waals surface area (Å²) in [5.41, 5.74) is 2.31. The van der Waals surface area contributed by atoms with Crippen LogP contribution in [0.2, 0.25) is 0 Å². The van der Waals surface area contributed by atoms with Crippen LogP contribution < -0.4 is 4.74 Å². The number of carbonyl (C=O) groups excluding carboxylic acids is 2. The van der Waals surface area contributed by atoms with Gasteiger partial charge in [-0.2, -0.15) is 0 Å². The minimum atomic E-state index is -0.717. The topological polar surface area (TPSA) is 76.1 Å². The number of amides is 1. The molecule has 1 aliphatic rings. The lowest BCUT2D eigenvalue weighted by molar-refractivity contribution is -0.140. The van der Waals surface area contributed by atoms with Crippen molar-refractivity contribution in [3.05, 3.63) is 70.8 Å². The van der Waals surface area contributed by atoms with Crippen molar-refractivity contribution >= 4 is 17.4 Å². The molecule has 1 N–H and O–H groups in total. The fraction of sp³-hybridized carbons (Fsp3) is 0.360. The molecule has 0 spiro atoms. The summed E-state index contributed by atoms with van der Waals surface area (Å²) in [7, 11) is 1.54. The maximum atomic E-state index is 13.0. The lowest BCUT2D eigenvalue weighted by atomic mass is 9.95. The van der Waals surface area contributed by atoms with Crippen molar-refractivity contribution in [3.63, 3.8) is 0 Å². The lowest BCUT2D eigenvalue weighted by Crippen LogP contribution is -2.32. The Morgan fingerprint density at radius 3 is 2.52 bits per heavy atom. The number of Topliss-reactive ketones (excluding diaryl/α,β-unsaturated/α-hetero) is 1. The zero-order valence-corrected chi connectivity index (χ0v) is 18.3. The Balaban J connectivity index is 2.07. The van der Waals surface area contributed by atoms with Crippen molar-refractivity contribution in [3.8, 4) is 5.75 Å². The number of unbranched alkanes of at least 4 members (excludes halogenated alkanes) is 1. The number of hydrogen-bond acceptors (Lipinski definition) is 5. The van der Waals surface area contributed by atoms with Gasteiger partial charge >= 0.3 is 0 Å². The molecule has 1 amide bonds. The Kier molecular flexibility index (Phi) is 7.47. The summed E-state index contributed by atoms with van der Waals surface area (Å²) in [5, 5.41) is 11.0. The largest absolute Gasteiger partial charge is 0.507 e. The Hall–Kier alpha value is -3.12. The highest BCUT2D eigenvalue weighted by Gasteiger charge is 2.45. The molecular formula is C25H29NO5.